The van der Waals surface area contributed by atoms with Crippen molar-refractivity contribution in [2.75, 3.05) is 0 Å². The molecule has 5 nitrogen and oxygen atoms in total. The Morgan fingerprint density at radius 3 is 2.78 bits per heavy atom. The Labute approximate surface area is 135 Å². The monoisotopic (exact) mass is 306 g/mol. The molecule has 0 spiro atoms. The number of benzene rings is 1. The fourth-order valence-electron chi connectivity index (χ4n) is 2.39. The first-order valence-corrected chi connectivity index (χ1v) is 7.46. The van der Waals surface area contributed by atoms with Crippen molar-refractivity contribution >= 4 is 5.91 Å². The highest BCUT2D eigenvalue weighted by atomic mass is 16.1. The number of aromatic nitrogens is 3. The second kappa shape index (κ2) is 6.87. The first-order valence-electron chi connectivity index (χ1n) is 7.46. The molecular weight excluding hydrogens is 288 g/mol. The summed E-state index contributed by atoms with van der Waals surface area (Å²) in [7, 11) is 0. The van der Waals surface area contributed by atoms with Crippen molar-refractivity contribution in [3.63, 3.8) is 0 Å². The molecule has 1 aromatic carbocycles. The lowest BCUT2D eigenvalue weighted by atomic mass is 10.1. The molecule has 3 rings (SSSR count). The minimum absolute atomic E-state index is 0.117. The van der Waals surface area contributed by atoms with E-state index in [2.05, 4.69) is 32.0 Å². The van der Waals surface area contributed by atoms with Crippen LogP contribution in [0, 0.1) is 6.92 Å². The Hall–Kier alpha value is -2.95. The molecule has 0 bridgehead atoms. The highest BCUT2D eigenvalue weighted by Crippen LogP contribution is 2.09. The summed E-state index contributed by atoms with van der Waals surface area (Å²) >= 11 is 0. The van der Waals surface area contributed by atoms with Crippen molar-refractivity contribution in [2.24, 2.45) is 0 Å². The molecule has 0 aliphatic carbocycles. The van der Waals surface area contributed by atoms with Gasteiger partial charge >= 0.3 is 0 Å². The topological polar surface area (TPSA) is 59.8 Å². The predicted octanol–water partition coefficient (Wildman–Crippen LogP) is 2.56. The van der Waals surface area contributed by atoms with E-state index in [0.717, 1.165) is 17.9 Å². The van der Waals surface area contributed by atoms with Crippen molar-refractivity contribution in [1.29, 1.82) is 0 Å². The number of hydrogen-bond donors (Lipinski definition) is 1. The maximum absolute atomic E-state index is 12.0. The average molecular weight is 306 g/mol. The number of pyridine rings is 1. The van der Waals surface area contributed by atoms with Crippen molar-refractivity contribution in [3.8, 4) is 0 Å². The largest absolute Gasteiger partial charge is 0.348 e. The van der Waals surface area contributed by atoms with Crippen molar-refractivity contribution in [1.82, 2.24) is 19.9 Å². The van der Waals surface area contributed by atoms with Gasteiger partial charge in [0.25, 0.3) is 5.91 Å². The molecule has 5 heteroatoms. The lowest BCUT2D eigenvalue weighted by Crippen LogP contribution is -2.22. The number of nitrogens with one attached hydrogen (secondary N) is 1. The van der Waals surface area contributed by atoms with Crippen LogP contribution in [-0.4, -0.2) is 20.4 Å². The molecule has 0 unspecified atom stereocenters. The molecule has 0 aliphatic heterocycles. The zero-order valence-corrected chi connectivity index (χ0v) is 12.9. The van der Waals surface area contributed by atoms with Crippen LogP contribution in [0.1, 0.15) is 27.3 Å². The third kappa shape index (κ3) is 3.83. The van der Waals surface area contributed by atoms with Crippen LogP contribution < -0.4 is 5.32 Å². The second-order valence-corrected chi connectivity index (χ2v) is 5.35. The summed E-state index contributed by atoms with van der Waals surface area (Å²) in [6.07, 6.45) is 6.98. The van der Waals surface area contributed by atoms with E-state index in [1.54, 1.807) is 30.7 Å². The quantitative estimate of drug-likeness (QED) is 0.788. The van der Waals surface area contributed by atoms with E-state index in [1.807, 2.05) is 25.3 Å². The highest BCUT2D eigenvalue weighted by Gasteiger charge is 2.05. The maximum atomic E-state index is 12.0. The summed E-state index contributed by atoms with van der Waals surface area (Å²) in [6, 6.07) is 11.7. The van der Waals surface area contributed by atoms with Gasteiger partial charge in [-0.15, -0.1) is 0 Å². The summed E-state index contributed by atoms with van der Waals surface area (Å²) in [4.78, 5) is 20.2. The van der Waals surface area contributed by atoms with E-state index in [1.165, 1.54) is 5.56 Å². The maximum Gasteiger partial charge on any atom is 0.253 e. The number of carbonyl (C=O) groups is 1. The van der Waals surface area contributed by atoms with Gasteiger partial charge in [0, 0.05) is 37.9 Å². The molecule has 116 valence electrons. The summed E-state index contributed by atoms with van der Waals surface area (Å²) in [6.45, 7) is 3.25. The van der Waals surface area contributed by atoms with E-state index >= 15 is 0 Å². The number of hydrogen-bond acceptors (Lipinski definition) is 3. The predicted molar refractivity (Wildman–Crippen MR) is 87.9 cm³/mol. The SMILES string of the molecule is Cc1nccn1Cc1cccc(CNC(=O)c2cccnc2)c1. The Morgan fingerprint density at radius 1 is 1.17 bits per heavy atom. The van der Waals surface area contributed by atoms with Gasteiger partial charge < -0.3 is 9.88 Å². The molecule has 1 N–H and O–H groups in total. The molecular formula is C18H18N4O. The van der Waals surface area contributed by atoms with Crippen LogP contribution in [0.5, 0.6) is 0 Å². The number of imidazole rings is 1. The van der Waals surface area contributed by atoms with E-state index in [9.17, 15) is 4.79 Å². The summed E-state index contributed by atoms with van der Waals surface area (Å²) in [5.41, 5.74) is 2.81. The molecule has 0 radical (unpaired) electrons. The van der Waals surface area contributed by atoms with Crippen molar-refractivity contribution in [3.05, 3.63) is 83.7 Å². The molecule has 2 heterocycles. The number of aryl methyl sites for hydroxylation is 1. The van der Waals surface area contributed by atoms with Gasteiger partial charge in [-0.3, -0.25) is 9.78 Å². The first-order chi connectivity index (χ1) is 11.2. The van der Waals surface area contributed by atoms with Gasteiger partial charge in [-0.25, -0.2) is 4.98 Å². The molecule has 0 saturated heterocycles. The molecule has 23 heavy (non-hydrogen) atoms. The van der Waals surface area contributed by atoms with E-state index < -0.39 is 0 Å². The van der Waals surface area contributed by atoms with Crippen LogP contribution in [0.4, 0.5) is 0 Å². The van der Waals surface area contributed by atoms with Crippen molar-refractivity contribution in [2.45, 2.75) is 20.0 Å². The van der Waals surface area contributed by atoms with Crippen LogP contribution in [0.3, 0.4) is 0 Å². The van der Waals surface area contributed by atoms with Gasteiger partial charge in [0.15, 0.2) is 0 Å². The normalized spacial score (nSPS) is 10.5. The van der Waals surface area contributed by atoms with Gasteiger partial charge in [-0.1, -0.05) is 24.3 Å². The van der Waals surface area contributed by atoms with Gasteiger partial charge in [-0.2, -0.15) is 0 Å². The van der Waals surface area contributed by atoms with Gasteiger partial charge in [-0.05, 0) is 30.2 Å². The minimum Gasteiger partial charge on any atom is -0.348 e. The third-order valence-corrected chi connectivity index (χ3v) is 3.64. The fraction of sp³-hybridized carbons (Fsp3) is 0.167. The zero-order valence-electron chi connectivity index (χ0n) is 12.9. The number of nitrogens with zero attached hydrogens (tertiary/aromatic N) is 3. The van der Waals surface area contributed by atoms with Gasteiger partial charge in [0.1, 0.15) is 5.82 Å². The minimum atomic E-state index is -0.117. The Bertz CT molecular complexity index is 796. The number of rotatable bonds is 5. The van der Waals surface area contributed by atoms with E-state index in [4.69, 9.17) is 0 Å². The molecule has 0 atom stereocenters. The van der Waals surface area contributed by atoms with Crippen LogP contribution in [0.15, 0.2) is 61.2 Å². The number of carbonyl (C=O) groups excluding carboxylic acids is 1. The summed E-state index contributed by atoms with van der Waals surface area (Å²) in [5, 5.41) is 2.91. The van der Waals surface area contributed by atoms with Crippen LogP contribution in [0.2, 0.25) is 0 Å². The Morgan fingerprint density at radius 2 is 2.04 bits per heavy atom. The molecule has 1 amide bonds. The third-order valence-electron chi connectivity index (χ3n) is 3.64. The van der Waals surface area contributed by atoms with Crippen molar-refractivity contribution < 1.29 is 4.79 Å². The van der Waals surface area contributed by atoms with Crippen LogP contribution >= 0.6 is 0 Å². The van der Waals surface area contributed by atoms with Crippen LogP contribution in [-0.2, 0) is 13.1 Å². The molecule has 0 fully saturated rings. The Kier molecular flexibility index (Phi) is 4.47. The smallest absolute Gasteiger partial charge is 0.253 e. The summed E-state index contributed by atoms with van der Waals surface area (Å²) in [5.74, 6) is 0.870. The molecule has 0 aliphatic rings. The molecule has 2 aromatic heterocycles. The van der Waals surface area contributed by atoms with Gasteiger partial charge in [0.05, 0.1) is 5.56 Å². The molecule has 3 aromatic rings. The van der Waals surface area contributed by atoms with E-state index in [0.29, 0.717) is 12.1 Å². The highest BCUT2D eigenvalue weighted by molar-refractivity contribution is 5.93. The zero-order chi connectivity index (χ0) is 16.1. The fourth-order valence-corrected chi connectivity index (χ4v) is 2.39. The number of amides is 1. The lowest BCUT2D eigenvalue weighted by Gasteiger charge is -2.09. The lowest BCUT2D eigenvalue weighted by molar-refractivity contribution is 0.0950. The Balaban J connectivity index is 1.64. The summed E-state index contributed by atoms with van der Waals surface area (Å²) < 4.78 is 2.09. The standard InChI is InChI=1S/C18H18N4O/c1-14-20-8-9-22(14)13-16-5-2-4-15(10-16)11-21-18(23)17-6-3-7-19-12-17/h2-10,12H,11,13H2,1H3,(H,21,23). The first kappa shape index (κ1) is 15.0. The van der Waals surface area contributed by atoms with Gasteiger partial charge in [0.2, 0.25) is 0 Å². The molecule has 0 saturated carbocycles. The van der Waals surface area contributed by atoms with Crippen LogP contribution in [0.25, 0.3) is 0 Å². The second-order valence-electron chi connectivity index (χ2n) is 5.35. The van der Waals surface area contributed by atoms with E-state index in [-0.39, 0.29) is 5.91 Å². The average Bonchev–Trinajstić information content (AvgIpc) is 2.99.